The van der Waals surface area contributed by atoms with Gasteiger partial charge in [-0.25, -0.2) is 4.39 Å². The van der Waals surface area contributed by atoms with Crippen LogP contribution in [-0.4, -0.2) is 24.6 Å². The van der Waals surface area contributed by atoms with Gasteiger partial charge in [0.15, 0.2) is 6.29 Å². The van der Waals surface area contributed by atoms with E-state index in [2.05, 4.69) is 5.32 Å². The highest BCUT2D eigenvalue weighted by Gasteiger charge is 2.51. The number of rotatable bonds is 4. The summed E-state index contributed by atoms with van der Waals surface area (Å²) in [5.41, 5.74) is 1.75. The molecule has 1 saturated heterocycles. The summed E-state index contributed by atoms with van der Waals surface area (Å²) in [4.78, 5) is 11.3. The first kappa shape index (κ1) is 17.6. The summed E-state index contributed by atoms with van der Waals surface area (Å²) in [6.07, 6.45) is 0.778. The third-order valence-corrected chi connectivity index (χ3v) is 4.85. The second-order valence-corrected chi connectivity index (χ2v) is 7.18. The topological polar surface area (TPSA) is 47.6 Å². The van der Waals surface area contributed by atoms with Crippen LogP contribution in [0.4, 0.5) is 15.8 Å². The molecule has 0 bridgehead atoms. The van der Waals surface area contributed by atoms with Gasteiger partial charge in [-0.05, 0) is 69.6 Å². The number of halogens is 1. The summed E-state index contributed by atoms with van der Waals surface area (Å²) in [6.45, 7) is 7.96. The summed E-state index contributed by atoms with van der Waals surface area (Å²) < 4.78 is 25.2. The molecule has 130 valence electrons. The maximum Gasteiger partial charge on any atom is 0.494 e. The Balaban J connectivity index is 1.90. The van der Waals surface area contributed by atoms with E-state index < -0.39 is 18.3 Å². The van der Waals surface area contributed by atoms with Crippen molar-refractivity contribution in [2.24, 2.45) is 0 Å². The fraction of sp³-hybridized carbons (Fsp3) is 0.316. The molecule has 3 rings (SSSR count). The van der Waals surface area contributed by atoms with Crippen molar-refractivity contribution in [2.45, 2.75) is 38.9 Å². The Morgan fingerprint density at radius 2 is 1.60 bits per heavy atom. The van der Waals surface area contributed by atoms with Crippen LogP contribution in [0.2, 0.25) is 0 Å². The highest BCUT2D eigenvalue weighted by Crippen LogP contribution is 2.36. The molecule has 2 aromatic carbocycles. The number of carbonyl (C=O) groups excluding carboxylic acids is 1. The van der Waals surface area contributed by atoms with Crippen LogP contribution in [0.1, 0.15) is 38.1 Å². The molecule has 0 radical (unpaired) electrons. The molecule has 6 heteroatoms. The molecule has 0 unspecified atom stereocenters. The lowest BCUT2D eigenvalue weighted by atomic mass is 9.78. The van der Waals surface area contributed by atoms with Crippen LogP contribution in [0.5, 0.6) is 0 Å². The number of nitrogens with one attached hydrogen (secondary N) is 1. The number of benzene rings is 2. The molecule has 0 spiro atoms. The summed E-state index contributed by atoms with van der Waals surface area (Å²) in [5.74, 6) is -0.313. The van der Waals surface area contributed by atoms with Gasteiger partial charge in [0.05, 0.1) is 11.2 Å². The maximum atomic E-state index is 13.1. The monoisotopic (exact) mass is 341 g/mol. The molecular weight excluding hydrogens is 320 g/mol. The first-order valence-corrected chi connectivity index (χ1v) is 8.19. The van der Waals surface area contributed by atoms with E-state index >= 15 is 0 Å². The minimum Gasteiger partial charge on any atom is -0.399 e. The van der Waals surface area contributed by atoms with Gasteiger partial charge >= 0.3 is 7.12 Å². The van der Waals surface area contributed by atoms with E-state index in [-0.39, 0.29) is 5.82 Å². The lowest BCUT2D eigenvalue weighted by Crippen LogP contribution is -2.41. The lowest BCUT2D eigenvalue weighted by molar-refractivity contribution is 0.00578. The number of anilines is 2. The second-order valence-electron chi connectivity index (χ2n) is 7.18. The van der Waals surface area contributed by atoms with Gasteiger partial charge in [0.2, 0.25) is 0 Å². The number of hydrogen-bond acceptors (Lipinski definition) is 4. The van der Waals surface area contributed by atoms with Gasteiger partial charge in [0.1, 0.15) is 5.82 Å². The molecule has 1 aliphatic heterocycles. The van der Waals surface area contributed by atoms with Gasteiger partial charge in [0.25, 0.3) is 0 Å². The van der Waals surface area contributed by atoms with Gasteiger partial charge in [-0.2, -0.15) is 0 Å². The van der Waals surface area contributed by atoms with E-state index in [9.17, 15) is 9.18 Å². The van der Waals surface area contributed by atoms with Crippen molar-refractivity contribution in [2.75, 3.05) is 5.32 Å². The molecule has 1 heterocycles. The molecule has 0 aromatic heterocycles. The molecule has 0 atom stereocenters. The maximum absolute atomic E-state index is 13.1. The van der Waals surface area contributed by atoms with E-state index in [1.54, 1.807) is 18.2 Å². The Bertz CT molecular complexity index is 774. The summed E-state index contributed by atoms with van der Waals surface area (Å²) in [6, 6.07) is 11.3. The van der Waals surface area contributed by atoms with Crippen LogP contribution >= 0.6 is 0 Å². The summed E-state index contributed by atoms with van der Waals surface area (Å²) >= 11 is 0. The summed E-state index contributed by atoms with van der Waals surface area (Å²) in [5, 5.41) is 3.15. The van der Waals surface area contributed by atoms with Crippen molar-refractivity contribution in [3.63, 3.8) is 0 Å². The van der Waals surface area contributed by atoms with Crippen LogP contribution in [0.25, 0.3) is 0 Å². The van der Waals surface area contributed by atoms with Gasteiger partial charge in [0, 0.05) is 16.9 Å². The summed E-state index contributed by atoms with van der Waals surface area (Å²) in [7, 11) is -0.514. The van der Waals surface area contributed by atoms with Crippen molar-refractivity contribution < 1.29 is 18.5 Å². The molecule has 1 N–H and O–H groups in total. The molecule has 4 nitrogen and oxygen atoms in total. The molecule has 2 aromatic rings. The van der Waals surface area contributed by atoms with Gasteiger partial charge < -0.3 is 14.6 Å². The van der Waals surface area contributed by atoms with Gasteiger partial charge in [-0.3, -0.25) is 4.79 Å². The van der Waals surface area contributed by atoms with Crippen LogP contribution < -0.4 is 10.8 Å². The molecule has 0 amide bonds. The predicted octanol–water partition coefficient (Wildman–Crippen LogP) is 3.68. The molecule has 1 aliphatic rings. The Kier molecular flexibility index (Phi) is 4.43. The first-order chi connectivity index (χ1) is 11.7. The fourth-order valence-electron chi connectivity index (χ4n) is 2.60. The van der Waals surface area contributed by atoms with Crippen molar-refractivity contribution in [1.82, 2.24) is 0 Å². The third kappa shape index (κ3) is 3.46. The van der Waals surface area contributed by atoms with E-state index in [0.717, 1.165) is 11.7 Å². The normalized spacial score (nSPS) is 18.2. The number of carbonyl (C=O) groups is 1. The highest BCUT2D eigenvalue weighted by molar-refractivity contribution is 6.62. The average molecular weight is 341 g/mol. The van der Waals surface area contributed by atoms with Crippen LogP contribution in [0, 0.1) is 5.82 Å². The Hall–Kier alpha value is -2.18. The zero-order chi connectivity index (χ0) is 18.2. The van der Waals surface area contributed by atoms with E-state index in [0.29, 0.717) is 16.9 Å². The Morgan fingerprint density at radius 3 is 2.16 bits per heavy atom. The number of hydrogen-bond donors (Lipinski definition) is 1. The lowest BCUT2D eigenvalue weighted by Gasteiger charge is -2.32. The Labute approximate surface area is 147 Å². The standard InChI is InChI=1S/C19H21BFNO3/c1-18(2)19(3,4)25-20(24-18)14-6-5-13(12-23)17(11-14)22-16-9-7-15(21)8-10-16/h5-12,22H,1-4H3. The van der Waals surface area contributed by atoms with Gasteiger partial charge in [-0.15, -0.1) is 0 Å². The van der Waals surface area contributed by atoms with E-state index in [1.165, 1.54) is 12.1 Å². The largest absolute Gasteiger partial charge is 0.494 e. The predicted molar refractivity (Wildman–Crippen MR) is 97.2 cm³/mol. The minimum absolute atomic E-state index is 0.313. The molecular formula is C19H21BFNO3. The third-order valence-electron chi connectivity index (χ3n) is 4.85. The molecule has 1 fully saturated rings. The smallest absolute Gasteiger partial charge is 0.399 e. The SMILES string of the molecule is CC1(C)OB(c2ccc(C=O)c(Nc3ccc(F)cc3)c2)OC1(C)C. The molecule has 25 heavy (non-hydrogen) atoms. The van der Waals surface area contributed by atoms with Crippen LogP contribution in [-0.2, 0) is 9.31 Å². The van der Waals surface area contributed by atoms with Crippen LogP contribution in [0.3, 0.4) is 0 Å². The zero-order valence-electron chi connectivity index (χ0n) is 14.8. The van der Waals surface area contributed by atoms with Crippen LogP contribution in [0.15, 0.2) is 42.5 Å². The average Bonchev–Trinajstić information content (AvgIpc) is 2.77. The fourth-order valence-corrected chi connectivity index (χ4v) is 2.60. The van der Waals surface area contributed by atoms with Gasteiger partial charge in [-0.1, -0.05) is 6.07 Å². The number of aldehydes is 1. The second kappa shape index (κ2) is 6.28. The first-order valence-electron chi connectivity index (χ1n) is 8.19. The Morgan fingerprint density at radius 1 is 1.00 bits per heavy atom. The van der Waals surface area contributed by atoms with E-state index in [1.807, 2.05) is 39.8 Å². The van der Waals surface area contributed by atoms with E-state index in [4.69, 9.17) is 9.31 Å². The molecule has 0 saturated carbocycles. The van der Waals surface area contributed by atoms with Crippen molar-refractivity contribution >= 4 is 30.2 Å². The quantitative estimate of drug-likeness (QED) is 0.681. The van der Waals surface area contributed by atoms with Crippen molar-refractivity contribution in [1.29, 1.82) is 0 Å². The van der Waals surface area contributed by atoms with Crippen molar-refractivity contribution in [3.05, 3.63) is 53.8 Å². The minimum atomic E-state index is -0.514. The molecule has 0 aliphatic carbocycles. The van der Waals surface area contributed by atoms with Crippen molar-refractivity contribution in [3.8, 4) is 0 Å². The highest BCUT2D eigenvalue weighted by atomic mass is 19.1. The zero-order valence-corrected chi connectivity index (χ0v) is 14.8.